The lowest BCUT2D eigenvalue weighted by molar-refractivity contribution is -0.120. The first kappa shape index (κ1) is 15.2. The van der Waals surface area contributed by atoms with Gasteiger partial charge < -0.3 is 9.88 Å². The molecule has 1 N–H and O–H groups in total. The van der Waals surface area contributed by atoms with Crippen molar-refractivity contribution in [1.82, 2.24) is 14.9 Å². The van der Waals surface area contributed by atoms with Gasteiger partial charge >= 0.3 is 0 Å². The molecule has 0 spiro atoms. The standard InChI is InChI=1S/C16H17N3OS/c1-4-10-17-15(20)12(2)21-16-18-11-14(19(16)3)13-8-6-5-7-9-13/h1,5-9,11-12H,10H2,2-3H3,(H,17,20). The SMILES string of the molecule is C#CCNC(=O)C(C)Sc1ncc(-c2ccccc2)n1C. The van der Waals surface area contributed by atoms with Gasteiger partial charge in [-0.2, -0.15) is 0 Å². The van der Waals surface area contributed by atoms with Gasteiger partial charge in [0, 0.05) is 7.05 Å². The third kappa shape index (κ3) is 3.67. The topological polar surface area (TPSA) is 46.9 Å². The summed E-state index contributed by atoms with van der Waals surface area (Å²) in [6, 6.07) is 10.0. The number of imidazole rings is 1. The van der Waals surface area contributed by atoms with Gasteiger partial charge in [0.2, 0.25) is 5.91 Å². The number of nitrogens with one attached hydrogen (secondary N) is 1. The van der Waals surface area contributed by atoms with Crippen LogP contribution in [0, 0.1) is 12.3 Å². The number of terminal acetylenes is 1. The van der Waals surface area contributed by atoms with Crippen molar-refractivity contribution in [2.75, 3.05) is 6.54 Å². The number of benzene rings is 1. The van der Waals surface area contributed by atoms with Crippen molar-refractivity contribution < 1.29 is 4.79 Å². The molecule has 1 unspecified atom stereocenters. The number of aromatic nitrogens is 2. The van der Waals surface area contributed by atoms with Crippen LogP contribution in [-0.4, -0.2) is 27.3 Å². The Morgan fingerprint density at radius 3 is 2.86 bits per heavy atom. The Morgan fingerprint density at radius 1 is 1.48 bits per heavy atom. The molecule has 0 saturated carbocycles. The second kappa shape index (κ2) is 7.00. The van der Waals surface area contributed by atoms with Crippen molar-refractivity contribution >= 4 is 17.7 Å². The molecule has 0 aliphatic carbocycles. The summed E-state index contributed by atoms with van der Waals surface area (Å²) in [7, 11) is 1.95. The van der Waals surface area contributed by atoms with Crippen LogP contribution in [0.3, 0.4) is 0 Å². The van der Waals surface area contributed by atoms with E-state index in [9.17, 15) is 4.79 Å². The largest absolute Gasteiger partial charge is 0.344 e. The van der Waals surface area contributed by atoms with Gasteiger partial charge in [-0.05, 0) is 12.5 Å². The number of amides is 1. The zero-order valence-corrected chi connectivity index (χ0v) is 12.9. The number of hydrogen-bond donors (Lipinski definition) is 1. The van der Waals surface area contributed by atoms with Gasteiger partial charge in [0.15, 0.2) is 5.16 Å². The fourth-order valence-electron chi connectivity index (χ4n) is 1.87. The lowest BCUT2D eigenvalue weighted by atomic mass is 10.2. The van der Waals surface area contributed by atoms with Gasteiger partial charge in [-0.3, -0.25) is 4.79 Å². The first-order chi connectivity index (χ1) is 10.1. The predicted octanol–water partition coefficient (Wildman–Crippen LogP) is 2.32. The van der Waals surface area contributed by atoms with E-state index in [-0.39, 0.29) is 17.7 Å². The van der Waals surface area contributed by atoms with E-state index < -0.39 is 0 Å². The molecule has 0 aliphatic rings. The van der Waals surface area contributed by atoms with Crippen LogP contribution in [-0.2, 0) is 11.8 Å². The van der Waals surface area contributed by atoms with Crippen LogP contribution in [0.4, 0.5) is 0 Å². The molecular weight excluding hydrogens is 282 g/mol. The van der Waals surface area contributed by atoms with Crippen molar-refractivity contribution in [2.24, 2.45) is 7.05 Å². The van der Waals surface area contributed by atoms with Gasteiger partial charge in [-0.1, -0.05) is 48.0 Å². The van der Waals surface area contributed by atoms with Crippen LogP contribution in [0.5, 0.6) is 0 Å². The highest BCUT2D eigenvalue weighted by Gasteiger charge is 2.17. The van der Waals surface area contributed by atoms with E-state index >= 15 is 0 Å². The Labute approximate surface area is 129 Å². The third-order valence-electron chi connectivity index (χ3n) is 3.03. The minimum atomic E-state index is -0.247. The molecule has 0 radical (unpaired) electrons. The predicted molar refractivity (Wildman–Crippen MR) is 85.8 cm³/mol. The van der Waals surface area contributed by atoms with Crippen molar-refractivity contribution in [3.05, 3.63) is 36.5 Å². The summed E-state index contributed by atoms with van der Waals surface area (Å²) in [6.07, 6.45) is 6.96. The zero-order valence-electron chi connectivity index (χ0n) is 12.0. The van der Waals surface area contributed by atoms with Crippen LogP contribution >= 0.6 is 11.8 Å². The number of hydrogen-bond acceptors (Lipinski definition) is 3. The van der Waals surface area contributed by atoms with Crippen molar-refractivity contribution in [3.63, 3.8) is 0 Å². The average Bonchev–Trinajstić information content (AvgIpc) is 2.86. The smallest absolute Gasteiger partial charge is 0.234 e. The number of carbonyl (C=O) groups is 1. The maximum atomic E-state index is 11.8. The maximum Gasteiger partial charge on any atom is 0.234 e. The summed E-state index contributed by atoms with van der Waals surface area (Å²) in [6.45, 7) is 2.09. The first-order valence-electron chi connectivity index (χ1n) is 6.58. The number of nitrogens with zero attached hydrogens (tertiary/aromatic N) is 2. The highest BCUT2D eigenvalue weighted by molar-refractivity contribution is 8.00. The molecule has 1 atom stereocenters. The number of thioether (sulfide) groups is 1. The Bertz CT molecular complexity index is 658. The summed E-state index contributed by atoms with van der Waals surface area (Å²) >= 11 is 1.42. The van der Waals surface area contributed by atoms with Gasteiger partial charge in [0.1, 0.15) is 0 Å². The molecule has 108 valence electrons. The van der Waals surface area contributed by atoms with Gasteiger partial charge in [-0.15, -0.1) is 6.42 Å². The Kier molecular flexibility index (Phi) is 5.07. The Hall–Kier alpha value is -2.19. The summed E-state index contributed by atoms with van der Waals surface area (Å²) in [5.41, 5.74) is 2.12. The molecule has 0 aliphatic heterocycles. The van der Waals surface area contributed by atoms with E-state index in [0.717, 1.165) is 16.4 Å². The van der Waals surface area contributed by atoms with Gasteiger partial charge in [0.25, 0.3) is 0 Å². The fourth-order valence-corrected chi connectivity index (χ4v) is 2.75. The van der Waals surface area contributed by atoms with E-state index in [1.54, 1.807) is 0 Å². The Balaban J connectivity index is 2.11. The highest BCUT2D eigenvalue weighted by Crippen LogP contribution is 2.27. The summed E-state index contributed by atoms with van der Waals surface area (Å²) in [4.78, 5) is 16.2. The highest BCUT2D eigenvalue weighted by atomic mass is 32.2. The summed E-state index contributed by atoms with van der Waals surface area (Å²) < 4.78 is 1.99. The van der Waals surface area contributed by atoms with Crippen molar-refractivity contribution in [3.8, 4) is 23.6 Å². The quantitative estimate of drug-likeness (QED) is 0.681. The normalized spacial score (nSPS) is 11.7. The Morgan fingerprint density at radius 2 is 2.19 bits per heavy atom. The van der Waals surface area contributed by atoms with E-state index in [1.807, 2.05) is 55.1 Å². The third-order valence-corrected chi connectivity index (χ3v) is 4.19. The molecule has 1 aromatic heterocycles. The van der Waals surface area contributed by atoms with E-state index in [0.29, 0.717) is 0 Å². The minimum absolute atomic E-state index is 0.0813. The number of carbonyl (C=O) groups excluding carboxylic acids is 1. The van der Waals surface area contributed by atoms with E-state index in [2.05, 4.69) is 16.2 Å². The molecule has 1 aromatic carbocycles. The zero-order chi connectivity index (χ0) is 15.2. The molecule has 4 nitrogen and oxygen atoms in total. The molecular formula is C16H17N3OS. The fraction of sp³-hybridized carbons (Fsp3) is 0.250. The molecule has 5 heteroatoms. The van der Waals surface area contributed by atoms with Gasteiger partial charge in [-0.25, -0.2) is 4.98 Å². The van der Waals surface area contributed by atoms with Crippen LogP contribution in [0.2, 0.25) is 0 Å². The molecule has 21 heavy (non-hydrogen) atoms. The second-order valence-corrected chi connectivity index (χ2v) is 5.84. The van der Waals surface area contributed by atoms with Crippen LogP contribution < -0.4 is 5.32 Å². The second-order valence-electron chi connectivity index (χ2n) is 4.53. The van der Waals surface area contributed by atoms with E-state index in [1.165, 1.54) is 11.8 Å². The van der Waals surface area contributed by atoms with Crippen molar-refractivity contribution in [2.45, 2.75) is 17.3 Å². The van der Waals surface area contributed by atoms with Crippen LogP contribution in [0.25, 0.3) is 11.3 Å². The average molecular weight is 299 g/mol. The first-order valence-corrected chi connectivity index (χ1v) is 7.46. The molecule has 0 bridgehead atoms. The van der Waals surface area contributed by atoms with Crippen LogP contribution in [0.15, 0.2) is 41.7 Å². The van der Waals surface area contributed by atoms with Gasteiger partial charge in [0.05, 0.1) is 23.7 Å². The number of rotatable bonds is 5. The summed E-state index contributed by atoms with van der Waals surface area (Å²) in [5, 5.41) is 3.23. The molecule has 0 fully saturated rings. The van der Waals surface area contributed by atoms with Crippen LogP contribution in [0.1, 0.15) is 6.92 Å². The lowest BCUT2D eigenvalue weighted by Crippen LogP contribution is -2.31. The molecule has 0 saturated heterocycles. The summed E-state index contributed by atoms with van der Waals surface area (Å²) in [5.74, 6) is 2.31. The molecule has 1 heterocycles. The molecule has 2 rings (SSSR count). The van der Waals surface area contributed by atoms with E-state index in [4.69, 9.17) is 6.42 Å². The minimum Gasteiger partial charge on any atom is -0.344 e. The van der Waals surface area contributed by atoms with Crippen molar-refractivity contribution in [1.29, 1.82) is 0 Å². The lowest BCUT2D eigenvalue weighted by Gasteiger charge is -2.11. The maximum absolute atomic E-state index is 11.8. The molecule has 1 amide bonds. The monoisotopic (exact) mass is 299 g/mol. The molecule has 2 aromatic rings.